The number of nitrogens with zero attached hydrogens (tertiary/aromatic N) is 7. The summed E-state index contributed by atoms with van der Waals surface area (Å²) >= 11 is 0. The third kappa shape index (κ3) is 3.71. The number of aryl methyl sites for hydroxylation is 1. The van der Waals surface area contributed by atoms with Crippen LogP contribution >= 0.6 is 0 Å². The Balaban J connectivity index is 1.35. The standard InChI is InChI=1S/C22H22N8/c1-16-26-19(28-18-7-2-5-17-6-3-8-23-21(17)18)15-20(27-16)29-11-13-30(14-12-29)22-24-9-4-10-25-22/h2-10,15H,11-14H2,1H3,(H,26,27,28). The molecule has 1 aliphatic heterocycles. The number of rotatable bonds is 4. The van der Waals surface area contributed by atoms with Gasteiger partial charge in [-0.3, -0.25) is 4.98 Å². The van der Waals surface area contributed by atoms with E-state index in [9.17, 15) is 0 Å². The molecular formula is C22H22N8. The lowest BCUT2D eigenvalue weighted by atomic mass is 10.2. The van der Waals surface area contributed by atoms with Gasteiger partial charge in [0.25, 0.3) is 0 Å². The molecular weight excluding hydrogens is 376 g/mol. The summed E-state index contributed by atoms with van der Waals surface area (Å²) in [5, 5.41) is 4.52. The van der Waals surface area contributed by atoms with E-state index in [1.54, 1.807) is 18.6 Å². The van der Waals surface area contributed by atoms with E-state index in [0.717, 1.165) is 66.2 Å². The quantitative estimate of drug-likeness (QED) is 0.561. The van der Waals surface area contributed by atoms with Gasteiger partial charge in [0.05, 0.1) is 11.2 Å². The first-order valence-corrected chi connectivity index (χ1v) is 10.00. The summed E-state index contributed by atoms with van der Waals surface area (Å²) in [6.45, 7) is 5.32. The third-order valence-electron chi connectivity index (χ3n) is 5.16. The van der Waals surface area contributed by atoms with Gasteiger partial charge in [0.1, 0.15) is 17.5 Å². The van der Waals surface area contributed by atoms with Gasteiger partial charge in [0.15, 0.2) is 0 Å². The largest absolute Gasteiger partial charge is 0.353 e. The Kier molecular flexibility index (Phi) is 4.80. The first-order valence-electron chi connectivity index (χ1n) is 10.00. The van der Waals surface area contributed by atoms with Crippen molar-refractivity contribution in [1.29, 1.82) is 0 Å². The van der Waals surface area contributed by atoms with Crippen LogP contribution in [0.2, 0.25) is 0 Å². The van der Waals surface area contributed by atoms with Crippen molar-refractivity contribution in [3.8, 4) is 0 Å². The molecule has 3 aromatic heterocycles. The smallest absolute Gasteiger partial charge is 0.225 e. The van der Waals surface area contributed by atoms with Crippen molar-refractivity contribution in [3.63, 3.8) is 0 Å². The van der Waals surface area contributed by atoms with Crippen LogP contribution in [0.5, 0.6) is 0 Å². The molecule has 1 aliphatic rings. The minimum Gasteiger partial charge on any atom is -0.353 e. The Hall–Kier alpha value is -3.81. The summed E-state index contributed by atoms with van der Waals surface area (Å²) in [6.07, 6.45) is 5.37. The lowest BCUT2D eigenvalue weighted by Crippen LogP contribution is -2.47. The number of para-hydroxylation sites is 1. The molecule has 4 aromatic rings. The second kappa shape index (κ2) is 7.90. The van der Waals surface area contributed by atoms with Crippen LogP contribution in [-0.4, -0.2) is 51.1 Å². The van der Waals surface area contributed by atoms with Gasteiger partial charge < -0.3 is 15.1 Å². The molecule has 0 atom stereocenters. The number of hydrogen-bond donors (Lipinski definition) is 1. The maximum atomic E-state index is 4.67. The van der Waals surface area contributed by atoms with Gasteiger partial charge in [-0.25, -0.2) is 19.9 Å². The maximum absolute atomic E-state index is 4.67. The highest BCUT2D eigenvalue weighted by atomic mass is 15.3. The van der Waals surface area contributed by atoms with Crippen LogP contribution < -0.4 is 15.1 Å². The fourth-order valence-electron chi connectivity index (χ4n) is 3.71. The van der Waals surface area contributed by atoms with Gasteiger partial charge in [-0.2, -0.15) is 0 Å². The zero-order chi connectivity index (χ0) is 20.3. The molecule has 0 bridgehead atoms. The summed E-state index contributed by atoms with van der Waals surface area (Å²) in [6, 6.07) is 13.9. The zero-order valence-corrected chi connectivity index (χ0v) is 16.7. The average molecular weight is 398 g/mol. The van der Waals surface area contributed by atoms with Crippen molar-refractivity contribution < 1.29 is 0 Å². The summed E-state index contributed by atoms with van der Waals surface area (Å²) in [4.78, 5) is 27.0. The van der Waals surface area contributed by atoms with E-state index in [1.807, 2.05) is 37.3 Å². The van der Waals surface area contributed by atoms with E-state index < -0.39 is 0 Å². The van der Waals surface area contributed by atoms with Crippen molar-refractivity contribution in [3.05, 3.63) is 66.9 Å². The summed E-state index contributed by atoms with van der Waals surface area (Å²) in [5.41, 5.74) is 1.86. The highest BCUT2D eigenvalue weighted by Crippen LogP contribution is 2.26. The number of piperazine rings is 1. The number of benzene rings is 1. The molecule has 1 saturated heterocycles. The predicted molar refractivity (Wildman–Crippen MR) is 118 cm³/mol. The minimum absolute atomic E-state index is 0.733. The Morgan fingerprint density at radius 1 is 0.800 bits per heavy atom. The number of hydrogen-bond acceptors (Lipinski definition) is 8. The van der Waals surface area contributed by atoms with E-state index in [1.165, 1.54) is 0 Å². The van der Waals surface area contributed by atoms with E-state index in [4.69, 9.17) is 0 Å². The average Bonchev–Trinajstić information content (AvgIpc) is 2.80. The Labute approximate surface area is 174 Å². The monoisotopic (exact) mass is 398 g/mol. The number of aromatic nitrogens is 5. The maximum Gasteiger partial charge on any atom is 0.225 e. The summed E-state index contributed by atoms with van der Waals surface area (Å²) in [5.74, 6) is 3.20. The molecule has 30 heavy (non-hydrogen) atoms. The Bertz CT molecular complexity index is 1150. The molecule has 0 spiro atoms. The van der Waals surface area contributed by atoms with E-state index in [2.05, 4.69) is 52.2 Å². The Morgan fingerprint density at radius 2 is 1.53 bits per heavy atom. The van der Waals surface area contributed by atoms with Crippen LogP contribution in [0.3, 0.4) is 0 Å². The second-order valence-corrected chi connectivity index (χ2v) is 7.19. The fourth-order valence-corrected chi connectivity index (χ4v) is 3.71. The molecule has 150 valence electrons. The molecule has 0 radical (unpaired) electrons. The van der Waals surface area contributed by atoms with Crippen LogP contribution in [0.25, 0.3) is 10.9 Å². The molecule has 1 fully saturated rings. The van der Waals surface area contributed by atoms with Crippen molar-refractivity contribution >= 4 is 34.2 Å². The molecule has 0 amide bonds. The predicted octanol–water partition coefficient (Wildman–Crippen LogP) is 3.19. The first kappa shape index (κ1) is 18.2. The lowest BCUT2D eigenvalue weighted by Gasteiger charge is -2.35. The van der Waals surface area contributed by atoms with Crippen LogP contribution in [0.15, 0.2) is 61.1 Å². The molecule has 1 N–H and O–H groups in total. The van der Waals surface area contributed by atoms with Crippen LogP contribution in [-0.2, 0) is 0 Å². The van der Waals surface area contributed by atoms with Crippen LogP contribution in [0, 0.1) is 6.92 Å². The highest BCUT2D eigenvalue weighted by molar-refractivity contribution is 5.91. The first-order chi connectivity index (χ1) is 14.8. The zero-order valence-electron chi connectivity index (χ0n) is 16.7. The third-order valence-corrected chi connectivity index (χ3v) is 5.16. The van der Waals surface area contributed by atoms with Gasteiger partial charge >= 0.3 is 0 Å². The SMILES string of the molecule is Cc1nc(Nc2cccc3cccnc23)cc(N2CCN(c3ncccn3)CC2)n1. The second-order valence-electron chi connectivity index (χ2n) is 7.19. The number of nitrogens with one attached hydrogen (secondary N) is 1. The van der Waals surface area contributed by atoms with Gasteiger partial charge in [-0.15, -0.1) is 0 Å². The summed E-state index contributed by atoms with van der Waals surface area (Å²) in [7, 11) is 0. The molecule has 0 saturated carbocycles. The minimum atomic E-state index is 0.733. The van der Waals surface area contributed by atoms with Gasteiger partial charge in [-0.05, 0) is 25.1 Å². The normalized spacial score (nSPS) is 14.2. The van der Waals surface area contributed by atoms with Crippen molar-refractivity contribution in [2.75, 3.05) is 41.3 Å². The molecule has 1 aromatic carbocycles. The van der Waals surface area contributed by atoms with Crippen molar-refractivity contribution in [2.45, 2.75) is 6.92 Å². The van der Waals surface area contributed by atoms with Crippen LogP contribution in [0.4, 0.5) is 23.3 Å². The van der Waals surface area contributed by atoms with Gasteiger partial charge in [-0.1, -0.05) is 18.2 Å². The van der Waals surface area contributed by atoms with Crippen molar-refractivity contribution in [1.82, 2.24) is 24.9 Å². The highest BCUT2D eigenvalue weighted by Gasteiger charge is 2.20. The number of anilines is 4. The lowest BCUT2D eigenvalue weighted by molar-refractivity contribution is 0.633. The molecule has 4 heterocycles. The molecule has 8 nitrogen and oxygen atoms in total. The van der Waals surface area contributed by atoms with Gasteiger partial charge in [0.2, 0.25) is 5.95 Å². The Morgan fingerprint density at radius 3 is 2.37 bits per heavy atom. The van der Waals surface area contributed by atoms with Gasteiger partial charge in [0, 0.05) is 56.2 Å². The number of pyridine rings is 1. The number of fused-ring (bicyclic) bond motifs is 1. The van der Waals surface area contributed by atoms with Crippen LogP contribution in [0.1, 0.15) is 5.82 Å². The fraction of sp³-hybridized carbons (Fsp3) is 0.227. The van der Waals surface area contributed by atoms with E-state index in [0.29, 0.717) is 0 Å². The van der Waals surface area contributed by atoms with Crippen molar-refractivity contribution in [2.24, 2.45) is 0 Å². The van der Waals surface area contributed by atoms with E-state index >= 15 is 0 Å². The summed E-state index contributed by atoms with van der Waals surface area (Å²) < 4.78 is 0. The topological polar surface area (TPSA) is 83.0 Å². The molecule has 0 aliphatic carbocycles. The molecule has 5 rings (SSSR count). The van der Waals surface area contributed by atoms with E-state index in [-0.39, 0.29) is 0 Å². The molecule has 0 unspecified atom stereocenters. The molecule has 8 heteroatoms.